The zero-order chi connectivity index (χ0) is 30.4. The van der Waals surface area contributed by atoms with Crippen molar-refractivity contribution in [1.82, 2.24) is 20.1 Å². The highest BCUT2D eigenvalue weighted by molar-refractivity contribution is 5.91. The van der Waals surface area contributed by atoms with Gasteiger partial charge in [0.15, 0.2) is 0 Å². The normalized spacial score (nSPS) is 19.1. The molecule has 0 bridgehead atoms. The lowest BCUT2D eigenvalue weighted by Gasteiger charge is -2.36. The Bertz CT molecular complexity index is 1240. The van der Waals surface area contributed by atoms with Gasteiger partial charge in [-0.15, -0.1) is 0 Å². The summed E-state index contributed by atoms with van der Waals surface area (Å²) >= 11 is 0. The maximum absolute atomic E-state index is 14.2. The number of hydrogen-bond donors (Lipinski definition) is 1. The summed E-state index contributed by atoms with van der Waals surface area (Å²) in [5.41, 5.74) is 0.00896. The lowest BCUT2D eigenvalue weighted by molar-refractivity contribution is -0.140. The summed E-state index contributed by atoms with van der Waals surface area (Å²) in [4.78, 5) is 47.9. The number of pyridine rings is 1. The number of likely N-dealkylation sites (tertiary alicyclic amines) is 1. The van der Waals surface area contributed by atoms with E-state index in [1.165, 1.54) is 24.1 Å². The highest BCUT2D eigenvalue weighted by atomic mass is 19.1. The molecule has 1 N–H and O–H groups in total. The largest absolute Gasteiger partial charge is 0.457 e. The zero-order valence-corrected chi connectivity index (χ0v) is 25.3. The minimum atomic E-state index is -0.824. The van der Waals surface area contributed by atoms with Crippen LogP contribution in [0, 0.1) is 11.7 Å². The van der Waals surface area contributed by atoms with E-state index < -0.39 is 29.7 Å². The Labute approximate surface area is 247 Å². The molecule has 2 heterocycles. The second-order valence-corrected chi connectivity index (χ2v) is 12.3. The average Bonchev–Trinajstić information content (AvgIpc) is 3.46. The zero-order valence-electron chi connectivity index (χ0n) is 25.3. The number of nitrogens with zero attached hydrogens (tertiary/aromatic N) is 3. The van der Waals surface area contributed by atoms with Crippen molar-refractivity contribution < 1.29 is 28.2 Å². The maximum Gasteiger partial charge on any atom is 0.410 e. The van der Waals surface area contributed by atoms with E-state index in [1.54, 1.807) is 52.1 Å². The molecule has 3 atom stereocenters. The van der Waals surface area contributed by atoms with Gasteiger partial charge in [-0.05, 0) is 89.6 Å². The summed E-state index contributed by atoms with van der Waals surface area (Å²) in [6, 6.07) is 7.52. The number of halogens is 1. The molecule has 0 spiro atoms. The predicted molar refractivity (Wildman–Crippen MR) is 156 cm³/mol. The third-order valence-corrected chi connectivity index (χ3v) is 8.01. The van der Waals surface area contributed by atoms with Gasteiger partial charge < -0.3 is 19.7 Å². The van der Waals surface area contributed by atoms with E-state index in [0.717, 1.165) is 44.9 Å². The van der Waals surface area contributed by atoms with E-state index >= 15 is 0 Å². The van der Waals surface area contributed by atoms with Gasteiger partial charge in [-0.1, -0.05) is 19.3 Å². The number of amides is 3. The minimum absolute atomic E-state index is 0.0107. The molecule has 3 amide bonds. The molecule has 2 fully saturated rings. The third kappa shape index (κ3) is 7.98. The maximum atomic E-state index is 14.2. The van der Waals surface area contributed by atoms with Crippen molar-refractivity contribution in [2.75, 3.05) is 13.6 Å². The van der Waals surface area contributed by atoms with Crippen molar-refractivity contribution in [1.29, 1.82) is 0 Å². The first-order valence-electron chi connectivity index (χ1n) is 14.9. The van der Waals surface area contributed by atoms with Gasteiger partial charge in [-0.2, -0.15) is 0 Å². The highest BCUT2D eigenvalue weighted by Crippen LogP contribution is 2.36. The lowest BCUT2D eigenvalue weighted by atomic mass is 9.83. The van der Waals surface area contributed by atoms with E-state index in [4.69, 9.17) is 9.47 Å². The number of rotatable bonds is 8. The molecule has 2 aliphatic rings. The van der Waals surface area contributed by atoms with E-state index in [2.05, 4.69) is 10.3 Å². The van der Waals surface area contributed by atoms with Crippen LogP contribution in [0.2, 0.25) is 0 Å². The molecule has 4 rings (SSSR count). The van der Waals surface area contributed by atoms with E-state index in [9.17, 15) is 18.8 Å². The van der Waals surface area contributed by atoms with Gasteiger partial charge in [0.05, 0.1) is 11.7 Å². The minimum Gasteiger partial charge on any atom is -0.457 e. The summed E-state index contributed by atoms with van der Waals surface area (Å²) in [5.74, 6) is 0.188. The standard InChI is InChI=1S/C32H43FN4O5/c1-21(36(5)31(40)42-32(2,3)4)29(38)35-28(22-10-7-6-8-11-22)30(39)37-19-9-12-27(37)26-20-25(17-18-34-26)41-24-15-13-23(33)14-16-24/h13-18,20-22,27-28H,6-12,19H2,1-5H3,(H,35,38)/t21-,27-,28-/m0/s1. The lowest BCUT2D eigenvalue weighted by Crippen LogP contribution is -2.56. The molecule has 1 saturated carbocycles. The number of benzene rings is 1. The van der Waals surface area contributed by atoms with Crippen molar-refractivity contribution in [3.8, 4) is 11.5 Å². The fraction of sp³-hybridized carbons (Fsp3) is 0.562. The van der Waals surface area contributed by atoms with Crippen LogP contribution in [0.5, 0.6) is 11.5 Å². The Balaban J connectivity index is 1.51. The van der Waals surface area contributed by atoms with Crippen LogP contribution in [0.1, 0.15) is 84.4 Å². The van der Waals surface area contributed by atoms with Crippen LogP contribution in [0.3, 0.4) is 0 Å². The van der Waals surface area contributed by atoms with Gasteiger partial charge >= 0.3 is 6.09 Å². The summed E-state index contributed by atoms with van der Waals surface area (Å²) in [6.07, 6.45) is 7.42. The van der Waals surface area contributed by atoms with Crippen LogP contribution >= 0.6 is 0 Å². The Morgan fingerprint density at radius 1 is 1.02 bits per heavy atom. The van der Waals surface area contributed by atoms with Crippen LogP contribution < -0.4 is 10.1 Å². The molecule has 1 aromatic heterocycles. The summed E-state index contributed by atoms with van der Waals surface area (Å²) in [7, 11) is 1.53. The predicted octanol–water partition coefficient (Wildman–Crippen LogP) is 6.00. The molecule has 1 saturated heterocycles. The average molecular weight is 583 g/mol. The number of aromatic nitrogens is 1. The molecule has 0 unspecified atom stereocenters. The van der Waals surface area contributed by atoms with Crippen molar-refractivity contribution in [2.24, 2.45) is 5.92 Å². The van der Waals surface area contributed by atoms with E-state index in [1.807, 2.05) is 11.0 Å². The number of carbonyl (C=O) groups is 3. The fourth-order valence-electron chi connectivity index (χ4n) is 5.62. The quantitative estimate of drug-likeness (QED) is 0.410. The van der Waals surface area contributed by atoms with E-state index in [0.29, 0.717) is 23.7 Å². The first-order valence-corrected chi connectivity index (χ1v) is 14.9. The number of hydrogen-bond acceptors (Lipinski definition) is 6. The molecule has 0 radical (unpaired) electrons. The molecule has 1 aliphatic heterocycles. The molecule has 9 nitrogen and oxygen atoms in total. The summed E-state index contributed by atoms with van der Waals surface area (Å²) < 4.78 is 24.7. The fourth-order valence-corrected chi connectivity index (χ4v) is 5.62. The molecule has 1 aliphatic carbocycles. The third-order valence-electron chi connectivity index (χ3n) is 8.01. The molecule has 2 aromatic rings. The van der Waals surface area contributed by atoms with Crippen molar-refractivity contribution in [3.63, 3.8) is 0 Å². The first kappa shape index (κ1) is 31.3. The van der Waals surface area contributed by atoms with Gasteiger partial charge in [0.25, 0.3) is 0 Å². The van der Waals surface area contributed by atoms with E-state index in [-0.39, 0.29) is 23.7 Å². The Morgan fingerprint density at radius 3 is 2.38 bits per heavy atom. The molecular formula is C32H43FN4O5. The van der Waals surface area contributed by atoms with Crippen LogP contribution in [0.25, 0.3) is 0 Å². The van der Waals surface area contributed by atoms with Crippen molar-refractivity contribution >= 4 is 17.9 Å². The Hall–Kier alpha value is -3.69. The Morgan fingerprint density at radius 2 is 1.71 bits per heavy atom. The molecule has 1 aromatic carbocycles. The van der Waals surface area contributed by atoms with Gasteiger partial charge in [0.1, 0.15) is 35.0 Å². The Kier molecular flexibility index (Phi) is 10.1. The van der Waals surface area contributed by atoms with Crippen LogP contribution in [-0.4, -0.2) is 64.0 Å². The second kappa shape index (κ2) is 13.5. The number of carbonyl (C=O) groups excluding carboxylic acids is 3. The van der Waals surface area contributed by atoms with Crippen LogP contribution in [0.4, 0.5) is 9.18 Å². The molecule has 42 heavy (non-hydrogen) atoms. The summed E-state index contributed by atoms with van der Waals surface area (Å²) in [6.45, 7) is 7.51. The van der Waals surface area contributed by atoms with Gasteiger partial charge in [-0.25, -0.2) is 9.18 Å². The van der Waals surface area contributed by atoms with Crippen molar-refractivity contribution in [2.45, 2.75) is 96.4 Å². The van der Waals surface area contributed by atoms with Gasteiger partial charge in [0.2, 0.25) is 11.8 Å². The van der Waals surface area contributed by atoms with Gasteiger partial charge in [-0.3, -0.25) is 19.5 Å². The van der Waals surface area contributed by atoms with Gasteiger partial charge in [0, 0.05) is 25.9 Å². The van der Waals surface area contributed by atoms with Crippen molar-refractivity contribution in [3.05, 3.63) is 54.1 Å². The second-order valence-electron chi connectivity index (χ2n) is 12.3. The first-order chi connectivity index (χ1) is 19.9. The molecule has 228 valence electrons. The molecular weight excluding hydrogens is 539 g/mol. The monoisotopic (exact) mass is 582 g/mol. The highest BCUT2D eigenvalue weighted by Gasteiger charge is 2.40. The SMILES string of the molecule is C[C@@H](C(=O)N[C@H](C(=O)N1CCC[C@H]1c1cc(Oc2ccc(F)cc2)ccn1)C1CCCCC1)N(C)C(=O)OC(C)(C)C. The number of nitrogens with one attached hydrogen (secondary N) is 1. The van der Waals surface area contributed by atoms with Crippen LogP contribution in [0.15, 0.2) is 42.6 Å². The van der Waals surface area contributed by atoms with Crippen LogP contribution in [-0.2, 0) is 14.3 Å². The number of ether oxygens (including phenoxy) is 2. The number of likely N-dealkylation sites (N-methyl/N-ethyl adjacent to an activating group) is 1. The summed E-state index contributed by atoms with van der Waals surface area (Å²) in [5, 5.41) is 3.03. The topological polar surface area (TPSA) is 101 Å². The smallest absolute Gasteiger partial charge is 0.410 e. The molecule has 10 heteroatoms.